The van der Waals surface area contributed by atoms with Gasteiger partial charge in [-0.1, -0.05) is 24.6 Å². The molecule has 1 fully saturated rings. The van der Waals surface area contributed by atoms with Crippen LogP contribution < -0.4 is 9.46 Å². The Morgan fingerprint density at radius 2 is 1.73 bits per heavy atom. The number of nitrogens with zero attached hydrogens (tertiary/aromatic N) is 1. The number of likely N-dealkylation sites (tertiary alicyclic amines) is 1. The summed E-state index contributed by atoms with van der Waals surface area (Å²) in [6.07, 6.45) is 3.84. The molecule has 0 saturated carbocycles. The van der Waals surface area contributed by atoms with E-state index in [0.717, 1.165) is 25.2 Å². The van der Waals surface area contributed by atoms with Gasteiger partial charge in [-0.05, 0) is 68.2 Å². The Labute approximate surface area is 156 Å². The molecule has 1 saturated heterocycles. The van der Waals surface area contributed by atoms with E-state index in [1.165, 1.54) is 31.9 Å². The standard InChI is InChI=1S/C20H26N2O3S/c1-16-6-11-19(25-2)20(14-16)26(23,24)21-18-9-7-17(8-10-18)15-22-12-4-3-5-13-22/h6-11,14,21H,3-5,12-13,15H2,1-2H3. The fraction of sp³-hybridized carbons (Fsp3) is 0.400. The minimum atomic E-state index is -3.70. The molecule has 0 spiro atoms. The first kappa shape index (κ1) is 18.7. The van der Waals surface area contributed by atoms with Crippen LogP contribution in [0, 0.1) is 6.92 Å². The molecule has 0 unspecified atom stereocenters. The van der Waals surface area contributed by atoms with Crippen molar-refractivity contribution in [3.63, 3.8) is 0 Å². The average molecular weight is 375 g/mol. The van der Waals surface area contributed by atoms with E-state index in [1.54, 1.807) is 12.1 Å². The lowest BCUT2D eigenvalue weighted by molar-refractivity contribution is 0.221. The van der Waals surface area contributed by atoms with Gasteiger partial charge in [0, 0.05) is 12.2 Å². The largest absolute Gasteiger partial charge is 0.495 e. The van der Waals surface area contributed by atoms with Crippen LogP contribution in [0.15, 0.2) is 47.4 Å². The molecule has 1 N–H and O–H groups in total. The second-order valence-electron chi connectivity index (χ2n) is 6.79. The number of nitrogens with one attached hydrogen (secondary N) is 1. The zero-order valence-corrected chi connectivity index (χ0v) is 16.2. The van der Waals surface area contributed by atoms with Crippen LogP contribution in [-0.2, 0) is 16.6 Å². The Morgan fingerprint density at radius 1 is 1.04 bits per heavy atom. The van der Waals surface area contributed by atoms with E-state index in [9.17, 15) is 8.42 Å². The Morgan fingerprint density at radius 3 is 2.38 bits per heavy atom. The van der Waals surface area contributed by atoms with Crippen molar-refractivity contribution in [3.05, 3.63) is 53.6 Å². The van der Waals surface area contributed by atoms with Gasteiger partial charge in [0.25, 0.3) is 10.0 Å². The first-order valence-corrected chi connectivity index (χ1v) is 10.4. The summed E-state index contributed by atoms with van der Waals surface area (Å²) in [5.74, 6) is 0.338. The fourth-order valence-corrected chi connectivity index (χ4v) is 4.57. The van der Waals surface area contributed by atoms with E-state index in [1.807, 2.05) is 37.3 Å². The predicted octanol–water partition coefficient (Wildman–Crippen LogP) is 3.79. The highest BCUT2D eigenvalue weighted by Gasteiger charge is 2.20. The summed E-state index contributed by atoms with van der Waals surface area (Å²) in [6, 6.07) is 12.7. The highest BCUT2D eigenvalue weighted by atomic mass is 32.2. The van der Waals surface area contributed by atoms with E-state index < -0.39 is 10.0 Å². The molecule has 5 nitrogen and oxygen atoms in total. The van der Waals surface area contributed by atoms with E-state index in [0.29, 0.717) is 11.4 Å². The van der Waals surface area contributed by atoms with Crippen LogP contribution in [0.1, 0.15) is 30.4 Å². The zero-order valence-electron chi connectivity index (χ0n) is 15.4. The fourth-order valence-electron chi connectivity index (χ4n) is 3.26. The van der Waals surface area contributed by atoms with Crippen LogP contribution in [0.25, 0.3) is 0 Å². The van der Waals surface area contributed by atoms with Gasteiger partial charge in [0.2, 0.25) is 0 Å². The predicted molar refractivity (Wildman–Crippen MR) is 104 cm³/mol. The summed E-state index contributed by atoms with van der Waals surface area (Å²) in [5.41, 5.74) is 2.61. The molecule has 2 aromatic rings. The lowest BCUT2D eigenvalue weighted by atomic mass is 10.1. The number of hydrogen-bond donors (Lipinski definition) is 1. The maximum absolute atomic E-state index is 12.7. The van der Waals surface area contributed by atoms with Gasteiger partial charge >= 0.3 is 0 Å². The van der Waals surface area contributed by atoms with Gasteiger partial charge in [0.05, 0.1) is 7.11 Å². The quantitative estimate of drug-likeness (QED) is 0.836. The third-order valence-electron chi connectivity index (χ3n) is 4.67. The van der Waals surface area contributed by atoms with Gasteiger partial charge in [0.15, 0.2) is 0 Å². The summed E-state index contributed by atoms with van der Waals surface area (Å²) >= 11 is 0. The van der Waals surface area contributed by atoms with E-state index >= 15 is 0 Å². The summed E-state index contributed by atoms with van der Waals surface area (Å²) in [4.78, 5) is 2.60. The van der Waals surface area contributed by atoms with Crippen molar-refractivity contribution >= 4 is 15.7 Å². The molecule has 1 heterocycles. The number of piperidine rings is 1. The van der Waals surface area contributed by atoms with Gasteiger partial charge in [-0.3, -0.25) is 9.62 Å². The third-order valence-corrected chi connectivity index (χ3v) is 6.07. The van der Waals surface area contributed by atoms with Gasteiger partial charge in [-0.2, -0.15) is 0 Å². The molecule has 0 aromatic heterocycles. The van der Waals surface area contributed by atoms with Crippen molar-refractivity contribution in [2.24, 2.45) is 0 Å². The van der Waals surface area contributed by atoms with Crippen LogP contribution in [0.4, 0.5) is 5.69 Å². The number of benzene rings is 2. The Balaban J connectivity index is 1.73. The van der Waals surface area contributed by atoms with Gasteiger partial charge in [0.1, 0.15) is 10.6 Å². The van der Waals surface area contributed by atoms with Crippen molar-refractivity contribution in [1.82, 2.24) is 4.90 Å². The zero-order chi connectivity index (χ0) is 18.6. The first-order valence-electron chi connectivity index (χ1n) is 8.97. The Bertz CT molecular complexity index is 842. The molecule has 26 heavy (non-hydrogen) atoms. The normalized spacial score (nSPS) is 15.6. The number of aryl methyl sites for hydroxylation is 1. The van der Waals surface area contributed by atoms with Crippen molar-refractivity contribution in [1.29, 1.82) is 0 Å². The number of hydrogen-bond acceptors (Lipinski definition) is 4. The van der Waals surface area contributed by atoms with Crippen LogP contribution in [0.5, 0.6) is 5.75 Å². The molecule has 0 bridgehead atoms. The number of methoxy groups -OCH3 is 1. The first-order chi connectivity index (χ1) is 12.5. The smallest absolute Gasteiger partial charge is 0.265 e. The highest BCUT2D eigenvalue weighted by Crippen LogP contribution is 2.27. The third kappa shape index (κ3) is 4.56. The minimum Gasteiger partial charge on any atom is -0.495 e. The summed E-state index contributed by atoms with van der Waals surface area (Å²) in [5, 5.41) is 0. The molecular formula is C20H26N2O3S. The van der Waals surface area contributed by atoms with E-state index in [2.05, 4.69) is 9.62 Å². The van der Waals surface area contributed by atoms with Gasteiger partial charge in [-0.15, -0.1) is 0 Å². The van der Waals surface area contributed by atoms with Crippen LogP contribution >= 0.6 is 0 Å². The molecule has 0 aliphatic carbocycles. The van der Waals surface area contributed by atoms with E-state index in [-0.39, 0.29) is 4.90 Å². The Hall–Kier alpha value is -2.05. The average Bonchev–Trinajstić information content (AvgIpc) is 2.64. The molecule has 2 aromatic carbocycles. The number of ether oxygens (including phenoxy) is 1. The lowest BCUT2D eigenvalue weighted by Gasteiger charge is -2.26. The maximum Gasteiger partial charge on any atom is 0.265 e. The molecular weight excluding hydrogens is 348 g/mol. The SMILES string of the molecule is COc1ccc(C)cc1S(=O)(=O)Nc1ccc(CN2CCCCC2)cc1. The molecule has 0 amide bonds. The van der Waals surface area contributed by atoms with Crippen molar-refractivity contribution < 1.29 is 13.2 Å². The van der Waals surface area contributed by atoms with Gasteiger partial charge in [-0.25, -0.2) is 8.42 Å². The summed E-state index contributed by atoms with van der Waals surface area (Å²) in [7, 11) is -2.23. The molecule has 140 valence electrons. The van der Waals surface area contributed by atoms with Crippen molar-refractivity contribution in [2.75, 3.05) is 24.9 Å². The van der Waals surface area contributed by atoms with Crippen molar-refractivity contribution in [3.8, 4) is 5.75 Å². The second kappa shape index (κ2) is 8.10. The number of rotatable bonds is 6. The molecule has 3 rings (SSSR count). The molecule has 0 atom stereocenters. The number of anilines is 1. The Kier molecular flexibility index (Phi) is 5.84. The van der Waals surface area contributed by atoms with Crippen LogP contribution in [0.3, 0.4) is 0 Å². The van der Waals surface area contributed by atoms with Crippen LogP contribution in [0.2, 0.25) is 0 Å². The summed E-state index contributed by atoms with van der Waals surface area (Å²) in [6.45, 7) is 5.05. The van der Waals surface area contributed by atoms with E-state index in [4.69, 9.17) is 4.74 Å². The second-order valence-corrected chi connectivity index (χ2v) is 8.44. The van der Waals surface area contributed by atoms with Crippen molar-refractivity contribution in [2.45, 2.75) is 37.6 Å². The highest BCUT2D eigenvalue weighted by molar-refractivity contribution is 7.92. The molecule has 0 radical (unpaired) electrons. The maximum atomic E-state index is 12.7. The number of sulfonamides is 1. The molecule has 6 heteroatoms. The van der Waals surface area contributed by atoms with Crippen LogP contribution in [-0.4, -0.2) is 33.5 Å². The minimum absolute atomic E-state index is 0.150. The molecule has 1 aliphatic rings. The monoisotopic (exact) mass is 374 g/mol. The molecule has 1 aliphatic heterocycles. The summed E-state index contributed by atoms with van der Waals surface area (Å²) < 4.78 is 33.3. The topological polar surface area (TPSA) is 58.6 Å². The van der Waals surface area contributed by atoms with Gasteiger partial charge < -0.3 is 4.74 Å². The lowest BCUT2D eigenvalue weighted by Crippen LogP contribution is -2.29.